The summed E-state index contributed by atoms with van der Waals surface area (Å²) in [6.07, 6.45) is 1.56. The molecule has 4 rings (SSSR count). The molecule has 0 atom stereocenters. The number of ether oxygens (including phenoxy) is 1. The highest BCUT2D eigenvalue weighted by Gasteiger charge is 2.18. The summed E-state index contributed by atoms with van der Waals surface area (Å²) in [4.78, 5) is 16.4. The van der Waals surface area contributed by atoms with Crippen LogP contribution in [0.4, 0.5) is 4.39 Å². The number of hydrogen-bond donors (Lipinski definition) is 2. The van der Waals surface area contributed by atoms with Crippen LogP contribution in [-0.2, 0) is 10.0 Å². The van der Waals surface area contributed by atoms with Crippen LogP contribution in [0.1, 0.15) is 0 Å². The monoisotopic (exact) mass is 439 g/mol. The number of imidazole rings is 1. The molecular formula is C21H18FN5O3S. The molecule has 158 valence electrons. The molecule has 0 aliphatic rings. The molecule has 2 heterocycles. The van der Waals surface area contributed by atoms with Gasteiger partial charge in [0.1, 0.15) is 11.6 Å². The third-order valence-electron chi connectivity index (χ3n) is 4.60. The minimum atomic E-state index is -3.54. The number of sulfonamides is 1. The Morgan fingerprint density at radius 1 is 0.968 bits per heavy atom. The van der Waals surface area contributed by atoms with Crippen molar-refractivity contribution in [3.8, 4) is 40.0 Å². The van der Waals surface area contributed by atoms with E-state index in [9.17, 15) is 12.8 Å². The lowest BCUT2D eigenvalue weighted by molar-refractivity contribution is 0.380. The molecule has 2 aromatic heterocycles. The standard InChI is InChI=1S/C21H18FN5O3S/c1-23-31(28,29)16-9-5-14(6-10-16)20-26-18(13-3-7-15(22)8-4-13)19(27-20)17-11-12-24-21(25-17)30-2/h3-12,23H,1-2H3,(H,26,27). The van der Waals surface area contributed by atoms with Gasteiger partial charge >= 0.3 is 6.01 Å². The van der Waals surface area contributed by atoms with Gasteiger partial charge in [-0.3, -0.25) is 0 Å². The molecule has 0 fully saturated rings. The van der Waals surface area contributed by atoms with E-state index in [4.69, 9.17) is 4.74 Å². The largest absolute Gasteiger partial charge is 0.467 e. The number of nitrogens with zero attached hydrogens (tertiary/aromatic N) is 3. The van der Waals surface area contributed by atoms with Gasteiger partial charge in [-0.15, -0.1) is 0 Å². The predicted octanol–water partition coefficient (Wildman–Crippen LogP) is 3.26. The number of aromatic amines is 1. The fourth-order valence-electron chi connectivity index (χ4n) is 3.00. The number of hydrogen-bond acceptors (Lipinski definition) is 6. The molecular weight excluding hydrogens is 421 g/mol. The minimum absolute atomic E-state index is 0.143. The van der Waals surface area contributed by atoms with Gasteiger partial charge in [-0.25, -0.2) is 27.5 Å². The zero-order valence-corrected chi connectivity index (χ0v) is 17.4. The van der Waals surface area contributed by atoms with Crippen molar-refractivity contribution < 1.29 is 17.5 Å². The molecule has 0 aliphatic heterocycles. The number of rotatable bonds is 6. The Labute approximate surface area is 178 Å². The second-order valence-corrected chi connectivity index (χ2v) is 8.36. The van der Waals surface area contributed by atoms with Crippen LogP contribution in [-0.4, -0.2) is 42.5 Å². The quantitative estimate of drug-likeness (QED) is 0.477. The number of H-pyrrole nitrogens is 1. The van der Waals surface area contributed by atoms with Crippen LogP contribution in [0.2, 0.25) is 0 Å². The summed E-state index contributed by atoms with van der Waals surface area (Å²) >= 11 is 0. The molecule has 4 aromatic rings. The maximum atomic E-state index is 13.4. The van der Waals surface area contributed by atoms with Gasteiger partial charge in [-0.2, -0.15) is 4.98 Å². The van der Waals surface area contributed by atoms with Gasteiger partial charge in [-0.1, -0.05) is 0 Å². The molecule has 0 bridgehead atoms. The minimum Gasteiger partial charge on any atom is -0.467 e. The topological polar surface area (TPSA) is 110 Å². The van der Waals surface area contributed by atoms with Crippen LogP contribution in [0.5, 0.6) is 6.01 Å². The van der Waals surface area contributed by atoms with Crippen LogP contribution in [0.15, 0.2) is 65.7 Å². The SMILES string of the molecule is CNS(=O)(=O)c1ccc(-c2nc(-c3ccc(F)cc3)c(-c3ccnc(OC)n3)[nH]2)cc1. The van der Waals surface area contributed by atoms with E-state index in [2.05, 4.69) is 24.7 Å². The summed E-state index contributed by atoms with van der Waals surface area (Å²) in [6, 6.07) is 14.2. The number of aromatic nitrogens is 4. The predicted molar refractivity (Wildman–Crippen MR) is 113 cm³/mol. The maximum absolute atomic E-state index is 13.4. The maximum Gasteiger partial charge on any atom is 0.316 e. The lowest BCUT2D eigenvalue weighted by Gasteiger charge is -2.04. The van der Waals surface area contributed by atoms with Crippen molar-refractivity contribution in [2.24, 2.45) is 0 Å². The van der Waals surface area contributed by atoms with Crippen LogP contribution in [0.25, 0.3) is 34.0 Å². The molecule has 0 unspecified atom stereocenters. The van der Waals surface area contributed by atoms with E-state index in [1.807, 2.05) is 0 Å². The Hall–Kier alpha value is -3.63. The Morgan fingerprint density at radius 3 is 2.29 bits per heavy atom. The molecule has 0 saturated carbocycles. The first-order valence-electron chi connectivity index (χ1n) is 9.18. The summed E-state index contributed by atoms with van der Waals surface area (Å²) in [5.41, 5.74) is 3.05. The number of nitrogens with one attached hydrogen (secondary N) is 2. The fourth-order valence-corrected chi connectivity index (χ4v) is 3.73. The van der Waals surface area contributed by atoms with E-state index < -0.39 is 10.0 Å². The number of benzene rings is 2. The lowest BCUT2D eigenvalue weighted by Crippen LogP contribution is -2.18. The van der Waals surface area contributed by atoms with Crippen molar-refractivity contribution in [1.82, 2.24) is 24.7 Å². The molecule has 0 saturated heterocycles. The van der Waals surface area contributed by atoms with Crippen LogP contribution < -0.4 is 9.46 Å². The summed E-state index contributed by atoms with van der Waals surface area (Å²) in [6.45, 7) is 0. The smallest absolute Gasteiger partial charge is 0.316 e. The van der Waals surface area contributed by atoms with Gasteiger partial charge in [0.15, 0.2) is 0 Å². The zero-order chi connectivity index (χ0) is 22.0. The van der Waals surface area contributed by atoms with Crippen molar-refractivity contribution in [2.75, 3.05) is 14.2 Å². The molecule has 10 heteroatoms. The lowest BCUT2D eigenvalue weighted by atomic mass is 10.1. The van der Waals surface area contributed by atoms with E-state index in [0.717, 1.165) is 0 Å². The highest BCUT2D eigenvalue weighted by atomic mass is 32.2. The molecule has 0 spiro atoms. The highest BCUT2D eigenvalue weighted by molar-refractivity contribution is 7.89. The van der Waals surface area contributed by atoms with Gasteiger partial charge in [0, 0.05) is 17.3 Å². The molecule has 31 heavy (non-hydrogen) atoms. The first-order valence-corrected chi connectivity index (χ1v) is 10.7. The Bertz CT molecular complexity index is 1320. The number of halogens is 1. The summed E-state index contributed by atoms with van der Waals surface area (Å²) < 4.78 is 44.8. The van der Waals surface area contributed by atoms with E-state index >= 15 is 0 Å². The van der Waals surface area contributed by atoms with Crippen molar-refractivity contribution in [1.29, 1.82) is 0 Å². The van der Waals surface area contributed by atoms with Gasteiger partial charge in [0.2, 0.25) is 10.0 Å². The highest BCUT2D eigenvalue weighted by Crippen LogP contribution is 2.33. The molecule has 2 aromatic carbocycles. The third kappa shape index (κ3) is 4.16. The molecule has 0 radical (unpaired) electrons. The average Bonchev–Trinajstić information content (AvgIpc) is 3.25. The summed E-state index contributed by atoms with van der Waals surface area (Å²) in [7, 11) is -0.719. The Balaban J connectivity index is 1.84. The zero-order valence-electron chi connectivity index (χ0n) is 16.6. The number of methoxy groups -OCH3 is 1. The normalized spacial score (nSPS) is 11.5. The van der Waals surface area contributed by atoms with E-state index in [1.165, 1.54) is 38.4 Å². The Kier molecular flexibility index (Phi) is 5.49. The third-order valence-corrected chi connectivity index (χ3v) is 6.03. The molecule has 0 amide bonds. The molecule has 8 nitrogen and oxygen atoms in total. The fraction of sp³-hybridized carbons (Fsp3) is 0.0952. The first-order chi connectivity index (χ1) is 14.9. The average molecular weight is 439 g/mol. The van der Waals surface area contributed by atoms with E-state index in [-0.39, 0.29) is 16.7 Å². The van der Waals surface area contributed by atoms with Crippen LogP contribution >= 0.6 is 0 Å². The second-order valence-electron chi connectivity index (χ2n) is 6.48. The van der Waals surface area contributed by atoms with Gasteiger partial charge in [-0.05, 0) is 61.6 Å². The Morgan fingerprint density at radius 2 is 1.65 bits per heavy atom. The van der Waals surface area contributed by atoms with Crippen LogP contribution in [0, 0.1) is 5.82 Å². The van der Waals surface area contributed by atoms with Crippen molar-refractivity contribution in [3.05, 3.63) is 66.6 Å². The van der Waals surface area contributed by atoms with Crippen molar-refractivity contribution in [3.63, 3.8) is 0 Å². The molecule has 0 aliphatic carbocycles. The van der Waals surface area contributed by atoms with Crippen molar-refractivity contribution in [2.45, 2.75) is 4.90 Å². The van der Waals surface area contributed by atoms with E-state index in [0.29, 0.717) is 34.0 Å². The van der Waals surface area contributed by atoms with Gasteiger partial charge in [0.25, 0.3) is 0 Å². The first kappa shape index (κ1) is 20.6. The second kappa shape index (κ2) is 8.25. The van der Waals surface area contributed by atoms with Gasteiger partial charge in [0.05, 0.1) is 29.1 Å². The molecule has 2 N–H and O–H groups in total. The summed E-state index contributed by atoms with van der Waals surface area (Å²) in [5, 5.41) is 0. The van der Waals surface area contributed by atoms with E-state index in [1.54, 1.807) is 36.5 Å². The summed E-state index contributed by atoms with van der Waals surface area (Å²) in [5.74, 6) is 0.145. The van der Waals surface area contributed by atoms with Crippen LogP contribution in [0.3, 0.4) is 0 Å². The van der Waals surface area contributed by atoms with Crippen molar-refractivity contribution >= 4 is 10.0 Å². The van der Waals surface area contributed by atoms with Gasteiger partial charge < -0.3 is 9.72 Å².